The standard InChI is InChI=1S/C11H11NO6/c13-9(4-3-7-2-1-5-18-7)12-8(11(16)17)6-10(14)15/h1-5,8H,6H2,(H,12,13)(H,14,15)(H,16,17)/b4-3+/t8-/m0/s1. The molecule has 7 nitrogen and oxygen atoms in total. The van der Waals surface area contributed by atoms with E-state index < -0.39 is 30.3 Å². The van der Waals surface area contributed by atoms with Crippen LogP contribution in [0.2, 0.25) is 0 Å². The van der Waals surface area contributed by atoms with Crippen molar-refractivity contribution in [2.75, 3.05) is 0 Å². The third-order valence-corrected chi connectivity index (χ3v) is 1.94. The molecule has 0 aliphatic rings. The van der Waals surface area contributed by atoms with E-state index in [4.69, 9.17) is 14.6 Å². The summed E-state index contributed by atoms with van der Waals surface area (Å²) in [7, 11) is 0. The first-order valence-electron chi connectivity index (χ1n) is 4.95. The summed E-state index contributed by atoms with van der Waals surface area (Å²) in [5.74, 6) is -3.00. The minimum absolute atomic E-state index is 0.426. The van der Waals surface area contributed by atoms with Crippen molar-refractivity contribution >= 4 is 23.9 Å². The molecule has 0 aromatic carbocycles. The second-order valence-electron chi connectivity index (χ2n) is 3.35. The minimum Gasteiger partial charge on any atom is -0.481 e. The fraction of sp³-hybridized carbons (Fsp3) is 0.182. The normalized spacial score (nSPS) is 12.2. The molecular formula is C11H11NO6. The predicted molar refractivity (Wildman–Crippen MR) is 59.6 cm³/mol. The van der Waals surface area contributed by atoms with Crippen LogP contribution in [0.15, 0.2) is 28.9 Å². The van der Waals surface area contributed by atoms with Gasteiger partial charge in [-0.1, -0.05) is 0 Å². The molecule has 1 atom stereocenters. The number of hydrogen-bond donors (Lipinski definition) is 3. The van der Waals surface area contributed by atoms with E-state index in [1.807, 2.05) is 0 Å². The molecule has 1 amide bonds. The highest BCUT2D eigenvalue weighted by molar-refractivity contribution is 5.95. The predicted octanol–water partition coefficient (Wildman–Crippen LogP) is 0.337. The molecule has 7 heteroatoms. The third-order valence-electron chi connectivity index (χ3n) is 1.94. The summed E-state index contributed by atoms with van der Waals surface area (Å²) < 4.78 is 4.92. The van der Waals surface area contributed by atoms with Crippen molar-refractivity contribution in [3.63, 3.8) is 0 Å². The number of nitrogens with one attached hydrogen (secondary N) is 1. The summed E-state index contributed by atoms with van der Waals surface area (Å²) in [6.45, 7) is 0. The third kappa shape index (κ3) is 4.52. The molecule has 0 saturated heterocycles. The number of carbonyl (C=O) groups excluding carboxylic acids is 1. The van der Waals surface area contributed by atoms with E-state index >= 15 is 0 Å². The van der Waals surface area contributed by atoms with Crippen molar-refractivity contribution in [2.45, 2.75) is 12.5 Å². The van der Waals surface area contributed by atoms with Gasteiger partial charge in [0.25, 0.3) is 0 Å². The number of carboxylic acids is 2. The minimum atomic E-state index is -1.46. The zero-order valence-electron chi connectivity index (χ0n) is 9.20. The van der Waals surface area contributed by atoms with E-state index in [0.717, 1.165) is 6.08 Å². The molecule has 3 N–H and O–H groups in total. The van der Waals surface area contributed by atoms with Gasteiger partial charge in [0.1, 0.15) is 11.8 Å². The summed E-state index contributed by atoms with van der Waals surface area (Å²) in [6.07, 6.45) is 3.14. The van der Waals surface area contributed by atoms with Crippen LogP contribution in [-0.4, -0.2) is 34.1 Å². The number of furan rings is 1. The van der Waals surface area contributed by atoms with Gasteiger partial charge in [-0.25, -0.2) is 4.79 Å². The number of aliphatic carboxylic acids is 2. The Morgan fingerprint density at radius 2 is 2.11 bits per heavy atom. The SMILES string of the molecule is O=C(O)C[C@H](NC(=O)/C=C/c1ccco1)C(=O)O. The van der Waals surface area contributed by atoms with Crippen molar-refractivity contribution in [2.24, 2.45) is 0 Å². The quantitative estimate of drug-likeness (QED) is 0.629. The summed E-state index contributed by atoms with van der Waals surface area (Å²) in [5, 5.41) is 19.2. The molecule has 0 fully saturated rings. The molecule has 0 aliphatic heterocycles. The Labute approximate surface area is 102 Å². The highest BCUT2D eigenvalue weighted by atomic mass is 16.4. The van der Waals surface area contributed by atoms with Crippen LogP contribution in [0, 0.1) is 0 Å². The van der Waals surface area contributed by atoms with Crippen LogP contribution in [0.25, 0.3) is 6.08 Å². The van der Waals surface area contributed by atoms with Gasteiger partial charge >= 0.3 is 11.9 Å². The Morgan fingerprint density at radius 3 is 2.61 bits per heavy atom. The summed E-state index contributed by atoms with van der Waals surface area (Å²) in [5.41, 5.74) is 0. The van der Waals surface area contributed by atoms with E-state index in [1.165, 1.54) is 12.3 Å². The molecule has 0 radical (unpaired) electrons. The second-order valence-corrected chi connectivity index (χ2v) is 3.35. The van der Waals surface area contributed by atoms with Crippen LogP contribution in [0.5, 0.6) is 0 Å². The van der Waals surface area contributed by atoms with Gasteiger partial charge in [-0.3, -0.25) is 9.59 Å². The topological polar surface area (TPSA) is 117 Å². The second kappa shape index (κ2) is 6.24. The zero-order chi connectivity index (χ0) is 13.5. The molecule has 0 aliphatic carbocycles. The number of amides is 1. The van der Waals surface area contributed by atoms with E-state index in [1.54, 1.807) is 12.1 Å². The maximum atomic E-state index is 11.3. The van der Waals surface area contributed by atoms with E-state index in [0.29, 0.717) is 5.76 Å². The number of carboxylic acid groups (broad SMARTS) is 2. The fourth-order valence-electron chi connectivity index (χ4n) is 1.14. The van der Waals surface area contributed by atoms with Crippen LogP contribution >= 0.6 is 0 Å². The molecule has 0 saturated carbocycles. The molecule has 0 spiro atoms. The highest BCUT2D eigenvalue weighted by Crippen LogP contribution is 2.02. The van der Waals surface area contributed by atoms with Crippen molar-refractivity contribution in [1.29, 1.82) is 0 Å². The first-order chi connectivity index (χ1) is 8.49. The van der Waals surface area contributed by atoms with Gasteiger partial charge < -0.3 is 19.9 Å². The smallest absolute Gasteiger partial charge is 0.326 e. The monoisotopic (exact) mass is 253 g/mol. The van der Waals surface area contributed by atoms with E-state index in [9.17, 15) is 14.4 Å². The van der Waals surface area contributed by atoms with Crippen molar-refractivity contribution in [3.8, 4) is 0 Å². The number of hydrogen-bond acceptors (Lipinski definition) is 4. The van der Waals surface area contributed by atoms with Gasteiger partial charge in [-0.15, -0.1) is 0 Å². The lowest BCUT2D eigenvalue weighted by atomic mass is 10.2. The van der Waals surface area contributed by atoms with E-state index in [2.05, 4.69) is 5.32 Å². The van der Waals surface area contributed by atoms with Crippen LogP contribution in [0.3, 0.4) is 0 Å². The van der Waals surface area contributed by atoms with E-state index in [-0.39, 0.29) is 0 Å². The van der Waals surface area contributed by atoms with Crippen LogP contribution in [-0.2, 0) is 14.4 Å². The molecular weight excluding hydrogens is 242 g/mol. The molecule has 1 rings (SSSR count). The Balaban J connectivity index is 2.56. The lowest BCUT2D eigenvalue weighted by Gasteiger charge is -2.10. The summed E-state index contributed by atoms with van der Waals surface area (Å²) in [4.78, 5) is 32.4. The Bertz CT molecular complexity index is 462. The highest BCUT2D eigenvalue weighted by Gasteiger charge is 2.21. The molecule has 0 bridgehead atoms. The van der Waals surface area contributed by atoms with Crippen LogP contribution in [0.4, 0.5) is 0 Å². The Morgan fingerprint density at radius 1 is 1.39 bits per heavy atom. The maximum absolute atomic E-state index is 11.3. The Kier molecular flexibility index (Phi) is 4.67. The van der Waals surface area contributed by atoms with Crippen molar-refractivity contribution in [3.05, 3.63) is 30.2 Å². The maximum Gasteiger partial charge on any atom is 0.326 e. The zero-order valence-corrected chi connectivity index (χ0v) is 9.20. The van der Waals surface area contributed by atoms with Crippen LogP contribution < -0.4 is 5.32 Å². The number of carbonyl (C=O) groups is 3. The summed E-state index contributed by atoms with van der Waals surface area (Å²) in [6, 6.07) is 1.77. The van der Waals surface area contributed by atoms with Gasteiger partial charge in [0.15, 0.2) is 0 Å². The average molecular weight is 253 g/mol. The van der Waals surface area contributed by atoms with Crippen molar-refractivity contribution in [1.82, 2.24) is 5.32 Å². The van der Waals surface area contributed by atoms with Gasteiger partial charge in [-0.05, 0) is 18.2 Å². The summed E-state index contributed by atoms with van der Waals surface area (Å²) >= 11 is 0. The van der Waals surface area contributed by atoms with Gasteiger partial charge in [0.05, 0.1) is 12.7 Å². The first kappa shape index (κ1) is 13.5. The number of rotatable bonds is 6. The fourth-order valence-corrected chi connectivity index (χ4v) is 1.14. The molecule has 0 unspecified atom stereocenters. The molecule has 1 heterocycles. The lowest BCUT2D eigenvalue weighted by molar-refractivity contribution is -0.146. The molecule has 1 aromatic rings. The van der Waals surface area contributed by atoms with Gasteiger partial charge in [-0.2, -0.15) is 0 Å². The lowest BCUT2D eigenvalue weighted by Crippen LogP contribution is -2.41. The van der Waals surface area contributed by atoms with Crippen molar-refractivity contribution < 1.29 is 29.0 Å². The molecule has 18 heavy (non-hydrogen) atoms. The Hall–Kier alpha value is -2.57. The largest absolute Gasteiger partial charge is 0.481 e. The van der Waals surface area contributed by atoms with Gasteiger partial charge in [0.2, 0.25) is 5.91 Å². The average Bonchev–Trinajstić information content (AvgIpc) is 2.77. The first-order valence-corrected chi connectivity index (χ1v) is 4.95. The molecule has 1 aromatic heterocycles. The van der Waals surface area contributed by atoms with Crippen LogP contribution in [0.1, 0.15) is 12.2 Å². The molecule has 96 valence electrons. The van der Waals surface area contributed by atoms with Gasteiger partial charge in [0, 0.05) is 6.08 Å².